The van der Waals surface area contributed by atoms with Crippen molar-refractivity contribution in [2.24, 2.45) is 0 Å². The van der Waals surface area contributed by atoms with E-state index in [0.29, 0.717) is 17.8 Å². The maximum Gasteiger partial charge on any atom is 0.268 e. The molecule has 0 aliphatic heterocycles. The number of hydrogen-bond acceptors (Lipinski definition) is 2. The van der Waals surface area contributed by atoms with Crippen LogP contribution >= 0.6 is 11.3 Å². The second kappa shape index (κ2) is 5.70. The van der Waals surface area contributed by atoms with Gasteiger partial charge in [0, 0.05) is 17.5 Å². The van der Waals surface area contributed by atoms with Crippen LogP contribution in [0.2, 0.25) is 0 Å². The van der Waals surface area contributed by atoms with Gasteiger partial charge in [-0.25, -0.2) is 8.78 Å². The molecule has 2 heterocycles. The summed E-state index contributed by atoms with van der Waals surface area (Å²) in [5, 5.41) is 2.99. The molecule has 0 bridgehead atoms. The number of fused-ring (bicyclic) bond motifs is 1. The number of aryl methyl sites for hydroxylation is 1. The largest absolute Gasteiger partial charge is 0.348 e. The third kappa shape index (κ3) is 2.82. The SMILES string of the molecule is Cc1cc2c(cc(C(=O)NC3CC3)n2Cc2ccc(F)c(F)c2)s1. The molecule has 1 saturated carbocycles. The lowest BCUT2D eigenvalue weighted by molar-refractivity contribution is 0.0942. The first-order valence-electron chi connectivity index (χ1n) is 7.86. The number of aromatic nitrogens is 1. The Morgan fingerprint density at radius 2 is 2.04 bits per heavy atom. The molecule has 0 radical (unpaired) electrons. The lowest BCUT2D eigenvalue weighted by Gasteiger charge is -2.11. The summed E-state index contributed by atoms with van der Waals surface area (Å²) in [7, 11) is 0. The molecule has 0 unspecified atom stereocenters. The first kappa shape index (κ1) is 15.3. The molecule has 1 aromatic carbocycles. The molecule has 1 aliphatic carbocycles. The number of carbonyl (C=O) groups excluding carboxylic acids is 1. The van der Waals surface area contributed by atoms with E-state index in [4.69, 9.17) is 0 Å². The number of halogens is 2. The monoisotopic (exact) mass is 346 g/mol. The van der Waals surface area contributed by atoms with Gasteiger partial charge in [-0.3, -0.25) is 4.79 Å². The minimum Gasteiger partial charge on any atom is -0.348 e. The predicted octanol–water partition coefficient (Wildman–Crippen LogP) is 4.23. The first-order valence-corrected chi connectivity index (χ1v) is 8.67. The quantitative estimate of drug-likeness (QED) is 0.754. The van der Waals surface area contributed by atoms with Crippen molar-refractivity contribution in [2.75, 3.05) is 0 Å². The Morgan fingerprint density at radius 1 is 1.25 bits per heavy atom. The summed E-state index contributed by atoms with van der Waals surface area (Å²) in [6.07, 6.45) is 2.03. The van der Waals surface area contributed by atoms with Crippen LogP contribution in [-0.2, 0) is 6.54 Å². The second-order valence-corrected chi connectivity index (χ2v) is 7.51. The topological polar surface area (TPSA) is 34.0 Å². The van der Waals surface area contributed by atoms with Gasteiger partial charge in [0.1, 0.15) is 5.69 Å². The summed E-state index contributed by atoms with van der Waals surface area (Å²) in [4.78, 5) is 13.7. The third-order valence-electron chi connectivity index (χ3n) is 4.18. The lowest BCUT2D eigenvalue weighted by Crippen LogP contribution is -2.27. The average Bonchev–Trinajstić information content (AvgIpc) is 3.18. The first-order chi connectivity index (χ1) is 11.5. The van der Waals surface area contributed by atoms with E-state index in [0.717, 1.165) is 34.0 Å². The number of hydrogen-bond donors (Lipinski definition) is 1. The number of nitrogens with zero attached hydrogens (tertiary/aromatic N) is 1. The van der Waals surface area contributed by atoms with Crippen molar-refractivity contribution in [1.29, 1.82) is 0 Å². The number of amides is 1. The van der Waals surface area contributed by atoms with E-state index >= 15 is 0 Å². The van der Waals surface area contributed by atoms with Gasteiger partial charge in [-0.2, -0.15) is 0 Å². The molecule has 1 N–H and O–H groups in total. The van der Waals surface area contributed by atoms with Crippen LogP contribution in [0.4, 0.5) is 8.78 Å². The van der Waals surface area contributed by atoms with Crippen LogP contribution in [0.1, 0.15) is 33.8 Å². The zero-order chi connectivity index (χ0) is 16.8. The molecule has 1 fully saturated rings. The van der Waals surface area contributed by atoms with Gasteiger partial charge in [0.15, 0.2) is 11.6 Å². The van der Waals surface area contributed by atoms with E-state index in [1.807, 2.05) is 23.6 Å². The van der Waals surface area contributed by atoms with Crippen LogP contribution in [0.3, 0.4) is 0 Å². The van der Waals surface area contributed by atoms with Gasteiger partial charge in [-0.05, 0) is 49.6 Å². The zero-order valence-corrected chi connectivity index (χ0v) is 13.9. The van der Waals surface area contributed by atoms with E-state index in [2.05, 4.69) is 5.32 Å². The van der Waals surface area contributed by atoms with Crippen molar-refractivity contribution >= 4 is 27.5 Å². The van der Waals surface area contributed by atoms with Crippen LogP contribution in [-0.4, -0.2) is 16.5 Å². The van der Waals surface area contributed by atoms with E-state index in [1.54, 1.807) is 17.4 Å². The summed E-state index contributed by atoms with van der Waals surface area (Å²) >= 11 is 1.62. The zero-order valence-electron chi connectivity index (χ0n) is 13.1. The molecule has 3 aromatic rings. The van der Waals surface area contributed by atoms with Gasteiger partial charge in [0.25, 0.3) is 5.91 Å². The van der Waals surface area contributed by atoms with Gasteiger partial charge in [-0.15, -0.1) is 11.3 Å². The molecule has 24 heavy (non-hydrogen) atoms. The highest BCUT2D eigenvalue weighted by Crippen LogP contribution is 2.30. The molecular formula is C18H16F2N2OS. The highest BCUT2D eigenvalue weighted by molar-refractivity contribution is 7.19. The average molecular weight is 346 g/mol. The molecule has 0 saturated heterocycles. The third-order valence-corrected chi connectivity index (χ3v) is 5.17. The number of rotatable bonds is 4. The van der Waals surface area contributed by atoms with Crippen LogP contribution in [0.5, 0.6) is 0 Å². The van der Waals surface area contributed by atoms with Crippen LogP contribution in [0, 0.1) is 18.6 Å². The molecule has 4 rings (SSSR count). The van der Waals surface area contributed by atoms with Crippen molar-refractivity contribution in [1.82, 2.24) is 9.88 Å². The van der Waals surface area contributed by atoms with Gasteiger partial charge >= 0.3 is 0 Å². The highest BCUT2D eigenvalue weighted by Gasteiger charge is 2.26. The smallest absolute Gasteiger partial charge is 0.268 e. The Balaban J connectivity index is 1.75. The lowest BCUT2D eigenvalue weighted by atomic mass is 10.2. The van der Waals surface area contributed by atoms with Crippen molar-refractivity contribution < 1.29 is 13.6 Å². The molecule has 0 spiro atoms. The Bertz CT molecular complexity index is 940. The molecular weight excluding hydrogens is 330 g/mol. The predicted molar refractivity (Wildman–Crippen MR) is 90.5 cm³/mol. The standard InChI is InChI=1S/C18H16F2N2OS/c1-10-6-15-17(24-10)8-16(18(23)21-12-3-4-12)22(15)9-11-2-5-13(19)14(20)7-11/h2,5-8,12H,3-4,9H2,1H3,(H,21,23). The molecule has 0 atom stereocenters. The molecule has 6 heteroatoms. The summed E-state index contributed by atoms with van der Waals surface area (Å²) in [6.45, 7) is 2.33. The van der Waals surface area contributed by atoms with Crippen molar-refractivity contribution in [2.45, 2.75) is 32.4 Å². The van der Waals surface area contributed by atoms with Gasteiger partial charge in [0.2, 0.25) is 0 Å². The molecule has 2 aromatic heterocycles. The number of thiophene rings is 1. The Hall–Kier alpha value is -2.21. The fourth-order valence-electron chi connectivity index (χ4n) is 2.83. The summed E-state index contributed by atoms with van der Waals surface area (Å²) in [6, 6.07) is 8.02. The minimum absolute atomic E-state index is 0.110. The summed E-state index contributed by atoms with van der Waals surface area (Å²) < 4.78 is 29.6. The molecule has 1 amide bonds. The van der Waals surface area contributed by atoms with E-state index in [-0.39, 0.29) is 11.9 Å². The van der Waals surface area contributed by atoms with E-state index in [1.165, 1.54) is 6.07 Å². The van der Waals surface area contributed by atoms with Crippen LogP contribution in [0.25, 0.3) is 10.2 Å². The Kier molecular flexibility index (Phi) is 3.64. The number of carbonyl (C=O) groups is 1. The maximum atomic E-state index is 13.5. The van der Waals surface area contributed by atoms with Crippen LogP contribution in [0.15, 0.2) is 30.3 Å². The van der Waals surface area contributed by atoms with E-state index in [9.17, 15) is 13.6 Å². The highest BCUT2D eigenvalue weighted by atomic mass is 32.1. The van der Waals surface area contributed by atoms with Crippen molar-refractivity contribution in [3.8, 4) is 0 Å². The summed E-state index contributed by atoms with van der Waals surface area (Å²) in [5.74, 6) is -1.85. The van der Waals surface area contributed by atoms with Gasteiger partial charge < -0.3 is 9.88 Å². The fourth-order valence-corrected chi connectivity index (χ4v) is 3.79. The van der Waals surface area contributed by atoms with Gasteiger partial charge in [0.05, 0.1) is 10.2 Å². The van der Waals surface area contributed by atoms with Gasteiger partial charge in [-0.1, -0.05) is 6.07 Å². The summed E-state index contributed by atoms with van der Waals surface area (Å²) in [5.41, 5.74) is 2.13. The Labute approximate surface area is 141 Å². The fraction of sp³-hybridized carbons (Fsp3) is 0.278. The Morgan fingerprint density at radius 3 is 2.75 bits per heavy atom. The van der Waals surface area contributed by atoms with E-state index < -0.39 is 11.6 Å². The molecule has 1 aliphatic rings. The van der Waals surface area contributed by atoms with Crippen molar-refractivity contribution in [3.63, 3.8) is 0 Å². The second-order valence-electron chi connectivity index (χ2n) is 6.22. The normalized spacial score (nSPS) is 14.3. The van der Waals surface area contributed by atoms with Crippen LogP contribution < -0.4 is 5.32 Å². The number of nitrogens with one attached hydrogen (secondary N) is 1. The number of benzene rings is 1. The molecule has 124 valence electrons. The minimum atomic E-state index is -0.874. The molecule has 3 nitrogen and oxygen atoms in total. The van der Waals surface area contributed by atoms with Crippen molar-refractivity contribution in [3.05, 3.63) is 58.1 Å². The maximum absolute atomic E-state index is 13.5.